The molecule has 4 rings (SSSR count). The summed E-state index contributed by atoms with van der Waals surface area (Å²) in [5, 5.41) is 7.78. The van der Waals surface area contributed by atoms with E-state index in [1.165, 1.54) is 25.7 Å². The van der Waals surface area contributed by atoms with Gasteiger partial charge in [-0.05, 0) is 37.1 Å². The molecule has 1 aliphatic carbocycles. The summed E-state index contributed by atoms with van der Waals surface area (Å²) in [6.45, 7) is 2.03. The van der Waals surface area contributed by atoms with Gasteiger partial charge in [0.1, 0.15) is 0 Å². The number of nitrogens with zero attached hydrogens (tertiary/aromatic N) is 4. The van der Waals surface area contributed by atoms with E-state index in [1.54, 1.807) is 17.1 Å². The van der Waals surface area contributed by atoms with Gasteiger partial charge in [0.15, 0.2) is 0 Å². The number of hydrogen-bond donors (Lipinski definition) is 0. The van der Waals surface area contributed by atoms with Crippen LogP contribution in [0.5, 0.6) is 0 Å². The summed E-state index contributed by atoms with van der Waals surface area (Å²) in [5.41, 5.74) is 1.50. The Morgan fingerprint density at radius 3 is 2.52 bits per heavy atom. The topological polar surface area (TPSA) is 60.2 Å². The number of carbonyl (C=O) groups is 1. The number of hydrogen-bond acceptors (Lipinski definition) is 4. The maximum absolute atomic E-state index is 12.9. The molecule has 2 aromatic rings. The molecular formula is C19H24N4O2. The van der Waals surface area contributed by atoms with E-state index in [-0.39, 0.29) is 11.5 Å². The number of carbonyl (C=O) groups excluding carboxylic acids is 1. The normalized spacial score (nSPS) is 20.4. The highest BCUT2D eigenvalue weighted by molar-refractivity contribution is 5.94. The minimum atomic E-state index is -0.120. The van der Waals surface area contributed by atoms with Gasteiger partial charge < -0.3 is 9.64 Å². The van der Waals surface area contributed by atoms with Crippen LogP contribution in [0.25, 0.3) is 5.69 Å². The van der Waals surface area contributed by atoms with Crippen LogP contribution in [-0.4, -0.2) is 51.1 Å². The van der Waals surface area contributed by atoms with E-state index in [9.17, 15) is 4.79 Å². The van der Waals surface area contributed by atoms with Crippen molar-refractivity contribution < 1.29 is 9.53 Å². The first-order valence-corrected chi connectivity index (χ1v) is 9.16. The molecule has 6 nitrogen and oxygen atoms in total. The van der Waals surface area contributed by atoms with Gasteiger partial charge in [0, 0.05) is 12.1 Å². The quantitative estimate of drug-likeness (QED) is 0.843. The highest BCUT2D eigenvalue weighted by atomic mass is 16.5. The molecule has 1 aromatic carbocycles. The number of benzene rings is 1. The smallest absolute Gasteiger partial charge is 0.254 e. The number of morpholine rings is 1. The van der Waals surface area contributed by atoms with Gasteiger partial charge in [-0.2, -0.15) is 0 Å². The summed E-state index contributed by atoms with van der Waals surface area (Å²) < 4.78 is 7.84. The molecule has 1 aromatic heterocycles. The molecular weight excluding hydrogens is 316 g/mol. The average molecular weight is 340 g/mol. The predicted octanol–water partition coefficient (Wildman–Crippen LogP) is 2.83. The first kappa shape index (κ1) is 16.3. The molecule has 2 aliphatic rings. The Bertz CT molecular complexity index is 704. The standard InChI is InChI=1S/C19H24N4O2/c24-18(16-5-7-17(8-6-16)23-12-11-20-21-23)22-13-14-25-19(15-22)9-3-1-2-4-10-19/h5-8,11-12H,1-4,9-10,13-15H2. The number of amides is 1. The molecule has 1 saturated heterocycles. The number of rotatable bonds is 2. The third-order valence-electron chi connectivity index (χ3n) is 5.35. The van der Waals surface area contributed by atoms with Crippen LogP contribution in [0, 0.1) is 0 Å². The largest absolute Gasteiger partial charge is 0.371 e. The van der Waals surface area contributed by atoms with Crippen LogP contribution < -0.4 is 0 Å². The number of ether oxygens (including phenoxy) is 1. The molecule has 6 heteroatoms. The molecule has 0 radical (unpaired) electrons. The number of aromatic nitrogens is 3. The van der Waals surface area contributed by atoms with Crippen molar-refractivity contribution in [3.63, 3.8) is 0 Å². The zero-order valence-corrected chi connectivity index (χ0v) is 14.4. The maximum atomic E-state index is 12.9. The van der Waals surface area contributed by atoms with Gasteiger partial charge in [0.05, 0.1) is 36.8 Å². The fourth-order valence-corrected chi connectivity index (χ4v) is 3.98. The fourth-order valence-electron chi connectivity index (χ4n) is 3.98. The van der Waals surface area contributed by atoms with Gasteiger partial charge in [-0.25, -0.2) is 4.68 Å². The van der Waals surface area contributed by atoms with E-state index in [2.05, 4.69) is 10.3 Å². The van der Waals surface area contributed by atoms with Gasteiger partial charge in [-0.15, -0.1) is 5.10 Å². The SMILES string of the molecule is O=C(c1ccc(-n2ccnn2)cc1)N1CCOC2(CCCCCC2)C1. The molecule has 1 spiro atoms. The van der Waals surface area contributed by atoms with Crippen molar-refractivity contribution in [3.8, 4) is 5.69 Å². The lowest BCUT2D eigenvalue weighted by atomic mass is 9.92. The van der Waals surface area contributed by atoms with Gasteiger partial charge in [-0.3, -0.25) is 4.79 Å². The van der Waals surface area contributed by atoms with E-state index < -0.39 is 0 Å². The van der Waals surface area contributed by atoms with E-state index in [0.29, 0.717) is 13.2 Å². The van der Waals surface area contributed by atoms with Crippen molar-refractivity contribution in [3.05, 3.63) is 42.2 Å². The Kier molecular flexibility index (Phi) is 4.53. The molecule has 0 bridgehead atoms. The van der Waals surface area contributed by atoms with Crippen LogP contribution in [-0.2, 0) is 4.74 Å². The monoisotopic (exact) mass is 340 g/mol. The molecule has 2 heterocycles. The second-order valence-electron chi connectivity index (χ2n) is 7.07. The molecule has 25 heavy (non-hydrogen) atoms. The zero-order valence-electron chi connectivity index (χ0n) is 14.4. The molecule has 1 saturated carbocycles. The zero-order chi connectivity index (χ0) is 17.1. The molecule has 0 atom stereocenters. The molecule has 132 valence electrons. The van der Waals surface area contributed by atoms with Crippen LogP contribution in [0.1, 0.15) is 48.9 Å². The Morgan fingerprint density at radius 1 is 1.08 bits per heavy atom. The van der Waals surface area contributed by atoms with Crippen molar-refractivity contribution in [2.45, 2.75) is 44.1 Å². The summed E-state index contributed by atoms with van der Waals surface area (Å²) in [5.74, 6) is 0.0945. The molecule has 1 amide bonds. The van der Waals surface area contributed by atoms with Gasteiger partial charge in [0.2, 0.25) is 0 Å². The third-order valence-corrected chi connectivity index (χ3v) is 5.35. The van der Waals surface area contributed by atoms with E-state index >= 15 is 0 Å². The van der Waals surface area contributed by atoms with Crippen molar-refractivity contribution in [2.75, 3.05) is 19.7 Å². The lowest BCUT2D eigenvalue weighted by Gasteiger charge is -2.42. The first-order chi connectivity index (χ1) is 12.3. The minimum Gasteiger partial charge on any atom is -0.371 e. The van der Waals surface area contributed by atoms with Crippen LogP contribution in [0.15, 0.2) is 36.7 Å². The van der Waals surface area contributed by atoms with Gasteiger partial charge >= 0.3 is 0 Å². The lowest BCUT2D eigenvalue weighted by molar-refractivity contribution is -0.107. The van der Waals surface area contributed by atoms with Crippen molar-refractivity contribution in [1.29, 1.82) is 0 Å². The Labute approximate surface area is 147 Å². The van der Waals surface area contributed by atoms with Gasteiger partial charge in [0.25, 0.3) is 5.91 Å². The average Bonchev–Trinajstić information content (AvgIpc) is 3.11. The van der Waals surface area contributed by atoms with Crippen LogP contribution in [0.4, 0.5) is 0 Å². The Balaban J connectivity index is 1.48. The summed E-state index contributed by atoms with van der Waals surface area (Å²) >= 11 is 0. The fraction of sp³-hybridized carbons (Fsp3) is 0.526. The van der Waals surface area contributed by atoms with Gasteiger partial charge in [-0.1, -0.05) is 30.9 Å². The highest BCUT2D eigenvalue weighted by Crippen LogP contribution is 2.33. The van der Waals surface area contributed by atoms with Crippen LogP contribution in [0.3, 0.4) is 0 Å². The maximum Gasteiger partial charge on any atom is 0.254 e. The van der Waals surface area contributed by atoms with Crippen LogP contribution in [0.2, 0.25) is 0 Å². The second-order valence-corrected chi connectivity index (χ2v) is 7.07. The lowest BCUT2D eigenvalue weighted by Crippen LogP contribution is -2.53. The summed E-state index contributed by atoms with van der Waals surface area (Å²) in [7, 11) is 0. The summed E-state index contributed by atoms with van der Waals surface area (Å²) in [4.78, 5) is 14.9. The van der Waals surface area contributed by atoms with E-state index in [1.807, 2.05) is 29.2 Å². The van der Waals surface area contributed by atoms with E-state index in [4.69, 9.17) is 4.74 Å². The van der Waals surface area contributed by atoms with Crippen molar-refractivity contribution in [1.82, 2.24) is 19.9 Å². The van der Waals surface area contributed by atoms with Crippen molar-refractivity contribution in [2.24, 2.45) is 0 Å². The second kappa shape index (κ2) is 6.96. The highest BCUT2D eigenvalue weighted by Gasteiger charge is 2.38. The first-order valence-electron chi connectivity index (χ1n) is 9.16. The summed E-state index contributed by atoms with van der Waals surface area (Å²) in [6, 6.07) is 7.55. The van der Waals surface area contributed by atoms with Crippen LogP contribution >= 0.6 is 0 Å². The summed E-state index contributed by atoms with van der Waals surface area (Å²) in [6.07, 6.45) is 10.5. The van der Waals surface area contributed by atoms with E-state index in [0.717, 1.165) is 30.6 Å². The minimum absolute atomic E-state index is 0.0945. The molecule has 0 N–H and O–H groups in total. The molecule has 1 aliphatic heterocycles. The predicted molar refractivity (Wildman–Crippen MR) is 93.6 cm³/mol. The Hall–Kier alpha value is -2.21. The third kappa shape index (κ3) is 3.44. The molecule has 2 fully saturated rings. The molecule has 0 unspecified atom stereocenters. The van der Waals surface area contributed by atoms with Crippen molar-refractivity contribution >= 4 is 5.91 Å². The Morgan fingerprint density at radius 2 is 1.84 bits per heavy atom.